The molecule has 0 amide bonds. The second-order valence-electron chi connectivity index (χ2n) is 34.5. The number of unbranched alkanes of at least 4 members (excludes halogenated alkanes) is 72. The van der Waals surface area contributed by atoms with Crippen LogP contribution in [0.1, 0.15) is 569 Å². The van der Waals surface area contributed by atoms with E-state index in [0.717, 1.165) is 52.4 Å². The molecule has 0 atom stereocenters. The summed E-state index contributed by atoms with van der Waals surface area (Å²) in [6, 6.07) is 0. The monoisotopic (exact) mass is 1920 g/mol. The number of nitrogens with zero attached hydrogens (tertiary/aromatic N) is 4. The van der Waals surface area contributed by atoms with Crippen molar-refractivity contribution in [3.05, 3.63) is 0 Å². The summed E-state index contributed by atoms with van der Waals surface area (Å²) >= 11 is 42.4. The fourth-order valence-corrected chi connectivity index (χ4v) is 17.0. The van der Waals surface area contributed by atoms with E-state index >= 15 is 0 Å². The average Bonchev–Trinajstić information content (AvgIpc) is 0.990. The predicted octanol–water partition coefficient (Wildman–Crippen LogP) is 35.5. The molecule has 0 heterocycles. The van der Waals surface area contributed by atoms with E-state index in [0.29, 0.717) is 17.3 Å². The fourth-order valence-electron chi connectivity index (χ4n) is 15.5. The van der Waals surface area contributed by atoms with Crippen molar-refractivity contribution in [2.24, 2.45) is 0 Å². The predicted molar refractivity (Wildman–Crippen MR) is 547 cm³/mol. The van der Waals surface area contributed by atoms with Gasteiger partial charge in [-0.15, -0.1) is 0 Å². The van der Waals surface area contributed by atoms with Crippen molar-refractivity contribution in [3.63, 3.8) is 0 Å². The van der Waals surface area contributed by atoms with Gasteiger partial charge in [-0.1, -0.05) is 535 Å². The summed E-state index contributed by atoms with van der Waals surface area (Å²) in [7, 11) is 0. The van der Waals surface area contributed by atoms with Crippen LogP contribution in [0.25, 0.3) is 0 Å². The Balaban J connectivity index is -0.000000457. The van der Waals surface area contributed by atoms with E-state index in [1.807, 2.05) is 0 Å². The molecule has 0 bridgehead atoms. The molecule has 0 saturated carbocycles. The number of rotatable bonds is 88. The Morgan fingerprint density at radius 3 is 0.257 bits per heavy atom. The Labute approximate surface area is 777 Å². The molecule has 0 radical (unpaired) electrons. The Morgan fingerprint density at radius 1 is 0.133 bits per heavy atom. The summed E-state index contributed by atoms with van der Waals surface area (Å²) in [5, 5.41) is 0. The van der Waals surface area contributed by atoms with Crippen molar-refractivity contribution in [2.75, 3.05) is 52.4 Å². The van der Waals surface area contributed by atoms with Crippen molar-refractivity contribution in [2.45, 2.75) is 569 Å². The van der Waals surface area contributed by atoms with Gasteiger partial charge in [0.05, 0.1) is 0 Å². The zero-order valence-corrected chi connectivity index (χ0v) is 88.2. The summed E-state index contributed by atoms with van der Waals surface area (Å²) in [5.74, 6) is 0. The zero-order chi connectivity index (χ0) is 82.8. The molecule has 0 aromatic carbocycles. The average molecular weight is 1920 g/mol. The van der Waals surface area contributed by atoms with Crippen LogP contribution < -0.4 is 0 Å². The summed E-state index contributed by atoms with van der Waals surface area (Å²) in [6.45, 7) is 26.9. The van der Waals surface area contributed by atoms with Gasteiger partial charge in [0, 0.05) is 52.4 Å². The van der Waals surface area contributed by atoms with Crippen molar-refractivity contribution in [3.8, 4) is 0 Å². The van der Waals surface area contributed by atoms with Crippen LogP contribution in [0.5, 0.6) is 0 Å². The van der Waals surface area contributed by atoms with Gasteiger partial charge in [0.2, 0.25) is 0 Å². The van der Waals surface area contributed by atoms with E-state index in [-0.39, 0.29) is 27.3 Å². The van der Waals surface area contributed by atoms with Gasteiger partial charge >= 0.3 is 27.3 Å². The first-order valence-electron chi connectivity index (χ1n) is 50.7. The molecule has 0 spiro atoms. The molecule has 672 valence electrons. The van der Waals surface area contributed by atoms with E-state index < -0.39 is 0 Å². The minimum Gasteiger partial charge on any atom is -0.411 e. The molecule has 0 aromatic heterocycles. The van der Waals surface area contributed by atoms with Crippen molar-refractivity contribution in [1.82, 2.24) is 19.6 Å². The van der Waals surface area contributed by atoms with Crippen molar-refractivity contribution >= 4 is 144 Å². The first-order valence-corrected chi connectivity index (χ1v) is 54.0. The minimum atomic E-state index is 0. The van der Waals surface area contributed by atoms with Crippen LogP contribution >= 0.6 is 48.9 Å². The van der Waals surface area contributed by atoms with Gasteiger partial charge in [-0.25, -0.2) is 0 Å². The van der Waals surface area contributed by atoms with Gasteiger partial charge in [-0.05, 0) is 51.4 Å². The topological polar surface area (TPSA) is 13.0 Å². The molecule has 0 aromatic rings. The molecular weight excluding hydrogens is 1720 g/mol. The van der Waals surface area contributed by atoms with Crippen LogP contribution in [0, 0.1) is 0 Å². The Bertz CT molecular complexity index is 1440. The van der Waals surface area contributed by atoms with E-state index in [1.165, 1.54) is 514 Å². The molecule has 0 saturated heterocycles. The largest absolute Gasteiger partial charge is 4.00 e. The molecular formula is C100H200N4PbS8. The smallest absolute Gasteiger partial charge is 0.411 e. The standard InChI is InChI=1S/4C25H51NS2.Pb/c4*1-3-5-7-9-11-13-15-17-19-21-23-26(25(27)28)24-22-20-18-16-14-12-10-8-6-4-2;/h4*3-24H2,1-2H3,(H,27,28);/q;;;;+4/p-4. The van der Waals surface area contributed by atoms with E-state index in [1.54, 1.807) is 0 Å². The third kappa shape index (κ3) is 109. The van der Waals surface area contributed by atoms with Gasteiger partial charge < -0.3 is 119 Å². The molecule has 0 fully saturated rings. The first-order chi connectivity index (χ1) is 54.9. The quantitative estimate of drug-likeness (QED) is 0.0249. The number of hydrogen-bond acceptors (Lipinski definition) is 8. The van der Waals surface area contributed by atoms with E-state index in [2.05, 4.69) is 75.0 Å². The zero-order valence-electron chi connectivity index (χ0n) is 77.8. The molecule has 113 heavy (non-hydrogen) atoms. The van der Waals surface area contributed by atoms with Gasteiger partial charge in [0.15, 0.2) is 0 Å². The molecule has 0 aliphatic rings. The first kappa shape index (κ1) is 123. The van der Waals surface area contributed by atoms with E-state index in [9.17, 15) is 0 Å². The van der Waals surface area contributed by atoms with Crippen LogP contribution in [0.2, 0.25) is 0 Å². The third-order valence-electron chi connectivity index (χ3n) is 23.3. The summed E-state index contributed by atoms with van der Waals surface area (Å²) < 4.78 is 2.75. The molecule has 0 N–H and O–H groups in total. The van der Waals surface area contributed by atoms with Crippen LogP contribution in [0.3, 0.4) is 0 Å². The van der Waals surface area contributed by atoms with Crippen LogP contribution in [-0.4, -0.2) is 117 Å². The van der Waals surface area contributed by atoms with Gasteiger partial charge in [-0.3, -0.25) is 0 Å². The van der Waals surface area contributed by atoms with Gasteiger partial charge in [0.1, 0.15) is 0 Å². The maximum Gasteiger partial charge on any atom is 4.00 e. The Morgan fingerprint density at radius 2 is 0.195 bits per heavy atom. The molecule has 0 aliphatic heterocycles. The number of thiocarbonyl (C=S) groups is 4. The third-order valence-corrected chi connectivity index (χ3v) is 25.4. The Hall–Kier alpha value is 1.36. The van der Waals surface area contributed by atoms with Crippen LogP contribution in [0.4, 0.5) is 0 Å². The van der Waals surface area contributed by atoms with Crippen LogP contribution in [-0.2, 0) is 50.5 Å². The van der Waals surface area contributed by atoms with Crippen molar-refractivity contribution < 1.29 is 0 Å². The second kappa shape index (κ2) is 111. The molecule has 0 rings (SSSR count). The molecule has 0 aliphatic carbocycles. The van der Waals surface area contributed by atoms with Gasteiger partial charge in [0.25, 0.3) is 0 Å². The van der Waals surface area contributed by atoms with Crippen molar-refractivity contribution in [1.29, 1.82) is 0 Å². The summed E-state index contributed by atoms with van der Waals surface area (Å²) in [6.07, 6.45) is 111. The van der Waals surface area contributed by atoms with Gasteiger partial charge in [-0.2, -0.15) is 0 Å². The Kier molecular flexibility index (Phi) is 121. The fraction of sp³-hybridized carbons (Fsp3) is 0.960. The number of hydrogen-bond donors (Lipinski definition) is 0. The molecule has 4 nitrogen and oxygen atoms in total. The molecule has 13 heteroatoms. The molecule has 0 unspecified atom stereocenters. The minimum absolute atomic E-state index is 0. The normalized spacial score (nSPS) is 11.0. The summed E-state index contributed by atoms with van der Waals surface area (Å²) in [5.41, 5.74) is 0. The maximum atomic E-state index is 5.30. The maximum absolute atomic E-state index is 5.30. The van der Waals surface area contributed by atoms with Crippen LogP contribution in [0.15, 0.2) is 0 Å². The SMILES string of the molecule is CCCCCCCCCCCCN(CCCCCCCCCCCC)C(=S)[S-].CCCCCCCCCCCCN(CCCCCCCCCCCC)C(=S)[S-].CCCCCCCCCCCCN(CCCCCCCCCCCC)C(=S)[S-].CCCCCCCCCCCCN(CCCCCCCCCCCC)C(=S)[S-].[Pb+4]. The second-order valence-corrected chi connectivity index (χ2v) is 38.6. The van der Waals surface area contributed by atoms with E-state index in [4.69, 9.17) is 99.4 Å². The summed E-state index contributed by atoms with van der Waals surface area (Å²) in [4.78, 5) is 9.11.